The van der Waals surface area contributed by atoms with Crippen LogP contribution in [0.3, 0.4) is 0 Å². The molecule has 1 N–H and O–H groups in total. The predicted octanol–water partition coefficient (Wildman–Crippen LogP) is 2.18. The highest BCUT2D eigenvalue weighted by atomic mass is 16.2. The van der Waals surface area contributed by atoms with Crippen LogP contribution in [0, 0.1) is 0 Å². The van der Waals surface area contributed by atoms with Crippen molar-refractivity contribution in [2.45, 2.75) is 38.8 Å². The van der Waals surface area contributed by atoms with Gasteiger partial charge in [0, 0.05) is 12.6 Å². The topological polar surface area (TPSA) is 32.3 Å². The first-order chi connectivity index (χ1) is 8.75. The Balaban J connectivity index is 1.75. The molecule has 0 bridgehead atoms. The van der Waals surface area contributed by atoms with Crippen molar-refractivity contribution in [1.29, 1.82) is 0 Å². The number of carbonyl (C=O) groups is 1. The van der Waals surface area contributed by atoms with Gasteiger partial charge in [0.1, 0.15) is 0 Å². The van der Waals surface area contributed by atoms with E-state index in [9.17, 15) is 4.79 Å². The second kappa shape index (κ2) is 6.55. The molecule has 1 aromatic rings. The number of piperidine rings is 1. The van der Waals surface area contributed by atoms with Crippen LogP contribution in [-0.4, -0.2) is 29.9 Å². The molecule has 1 heterocycles. The maximum Gasteiger partial charge on any atom is 0.234 e. The van der Waals surface area contributed by atoms with Crippen molar-refractivity contribution in [3.63, 3.8) is 0 Å². The molecule has 0 aromatic heterocycles. The normalized spacial score (nSPS) is 20.6. The zero-order valence-electron chi connectivity index (χ0n) is 11.1. The Morgan fingerprint density at radius 1 is 1.33 bits per heavy atom. The van der Waals surface area contributed by atoms with Gasteiger partial charge in [-0.2, -0.15) is 0 Å². The number of likely N-dealkylation sites (tertiary alicyclic amines) is 1. The number of nitrogens with one attached hydrogen (secondary N) is 1. The van der Waals surface area contributed by atoms with Crippen LogP contribution in [0.15, 0.2) is 30.3 Å². The monoisotopic (exact) mass is 246 g/mol. The zero-order valence-corrected chi connectivity index (χ0v) is 11.1. The van der Waals surface area contributed by atoms with Crippen LogP contribution in [0.1, 0.15) is 31.7 Å². The van der Waals surface area contributed by atoms with Crippen molar-refractivity contribution in [2.24, 2.45) is 0 Å². The Morgan fingerprint density at radius 2 is 2.11 bits per heavy atom. The maximum absolute atomic E-state index is 11.9. The van der Waals surface area contributed by atoms with Crippen molar-refractivity contribution in [2.75, 3.05) is 13.1 Å². The largest absolute Gasteiger partial charge is 0.351 e. The number of rotatable bonds is 4. The molecule has 0 spiro atoms. The van der Waals surface area contributed by atoms with Crippen LogP contribution >= 0.6 is 0 Å². The highest BCUT2D eigenvalue weighted by Crippen LogP contribution is 2.15. The highest BCUT2D eigenvalue weighted by Gasteiger charge is 2.20. The van der Waals surface area contributed by atoms with Gasteiger partial charge in [0.05, 0.1) is 6.54 Å². The van der Waals surface area contributed by atoms with Crippen molar-refractivity contribution >= 4 is 5.91 Å². The third-order valence-electron chi connectivity index (χ3n) is 3.62. The summed E-state index contributed by atoms with van der Waals surface area (Å²) >= 11 is 0. The van der Waals surface area contributed by atoms with Crippen molar-refractivity contribution in [1.82, 2.24) is 10.2 Å². The number of nitrogens with zero attached hydrogens (tertiary/aromatic N) is 1. The number of benzene rings is 1. The molecule has 18 heavy (non-hydrogen) atoms. The Kier molecular flexibility index (Phi) is 4.76. The standard InChI is InChI=1S/C15H22N2O/c1-13-7-5-6-10-17(13)12-15(18)16-11-14-8-3-2-4-9-14/h2-4,8-9,13H,5-7,10-12H2,1H3,(H,16,18). The lowest BCUT2D eigenvalue weighted by Gasteiger charge is -2.32. The second-order valence-corrected chi connectivity index (χ2v) is 5.08. The smallest absolute Gasteiger partial charge is 0.234 e. The third-order valence-corrected chi connectivity index (χ3v) is 3.62. The molecule has 1 unspecified atom stereocenters. The summed E-state index contributed by atoms with van der Waals surface area (Å²) in [7, 11) is 0. The highest BCUT2D eigenvalue weighted by molar-refractivity contribution is 5.78. The summed E-state index contributed by atoms with van der Waals surface area (Å²) in [5.41, 5.74) is 1.15. The Hall–Kier alpha value is -1.35. The minimum Gasteiger partial charge on any atom is -0.351 e. The molecular weight excluding hydrogens is 224 g/mol. The molecule has 0 saturated carbocycles. The molecule has 1 aliphatic rings. The number of hydrogen-bond acceptors (Lipinski definition) is 2. The van der Waals surface area contributed by atoms with Crippen LogP contribution in [0.2, 0.25) is 0 Å². The average molecular weight is 246 g/mol. The molecule has 0 aliphatic carbocycles. The van der Waals surface area contributed by atoms with Crippen LogP contribution in [0.25, 0.3) is 0 Å². The van der Waals surface area contributed by atoms with E-state index in [1.807, 2.05) is 30.3 Å². The van der Waals surface area contributed by atoms with Crippen molar-refractivity contribution in [3.05, 3.63) is 35.9 Å². The van der Waals surface area contributed by atoms with Gasteiger partial charge in [-0.1, -0.05) is 36.8 Å². The SMILES string of the molecule is CC1CCCCN1CC(=O)NCc1ccccc1. The summed E-state index contributed by atoms with van der Waals surface area (Å²) in [6, 6.07) is 10.6. The summed E-state index contributed by atoms with van der Waals surface area (Å²) in [6.07, 6.45) is 3.73. The van der Waals surface area contributed by atoms with E-state index in [-0.39, 0.29) is 5.91 Å². The Labute approximate surface area is 109 Å². The molecule has 1 aromatic carbocycles. The lowest BCUT2D eigenvalue weighted by molar-refractivity contribution is -0.123. The maximum atomic E-state index is 11.9. The zero-order chi connectivity index (χ0) is 12.8. The first kappa shape index (κ1) is 13.1. The van der Waals surface area contributed by atoms with Crippen molar-refractivity contribution in [3.8, 4) is 0 Å². The molecule has 1 amide bonds. The van der Waals surface area contributed by atoms with Gasteiger partial charge in [-0.05, 0) is 31.9 Å². The summed E-state index contributed by atoms with van der Waals surface area (Å²) in [5.74, 6) is 0.132. The molecule has 1 fully saturated rings. The second-order valence-electron chi connectivity index (χ2n) is 5.08. The molecule has 1 saturated heterocycles. The van der Waals surface area contributed by atoms with Crippen LogP contribution < -0.4 is 5.32 Å². The Morgan fingerprint density at radius 3 is 2.83 bits per heavy atom. The quantitative estimate of drug-likeness (QED) is 0.883. The van der Waals surface area contributed by atoms with Gasteiger partial charge in [-0.25, -0.2) is 0 Å². The molecule has 0 radical (unpaired) electrons. The van der Waals surface area contributed by atoms with Crippen molar-refractivity contribution < 1.29 is 4.79 Å². The lowest BCUT2D eigenvalue weighted by Crippen LogP contribution is -2.44. The summed E-state index contributed by atoms with van der Waals surface area (Å²) in [6.45, 7) is 4.43. The van der Waals surface area contributed by atoms with Gasteiger partial charge in [-0.3, -0.25) is 9.69 Å². The Bertz CT molecular complexity index is 377. The summed E-state index contributed by atoms with van der Waals surface area (Å²) < 4.78 is 0. The van der Waals surface area contributed by atoms with E-state index >= 15 is 0 Å². The van der Waals surface area contributed by atoms with Crippen LogP contribution in [0.5, 0.6) is 0 Å². The molecule has 1 atom stereocenters. The number of amides is 1. The van der Waals surface area contributed by atoms with Gasteiger partial charge in [0.25, 0.3) is 0 Å². The van der Waals surface area contributed by atoms with E-state index in [2.05, 4.69) is 17.1 Å². The van der Waals surface area contributed by atoms with E-state index in [1.54, 1.807) is 0 Å². The van der Waals surface area contributed by atoms with E-state index in [4.69, 9.17) is 0 Å². The molecule has 1 aliphatic heterocycles. The fourth-order valence-electron chi connectivity index (χ4n) is 2.43. The first-order valence-electron chi connectivity index (χ1n) is 6.80. The minimum absolute atomic E-state index is 0.132. The summed E-state index contributed by atoms with van der Waals surface area (Å²) in [4.78, 5) is 14.2. The van der Waals surface area contributed by atoms with Crippen LogP contribution in [-0.2, 0) is 11.3 Å². The van der Waals surface area contributed by atoms with E-state index in [1.165, 1.54) is 19.3 Å². The van der Waals surface area contributed by atoms with Crippen LogP contribution in [0.4, 0.5) is 0 Å². The van der Waals surface area contributed by atoms with Gasteiger partial charge < -0.3 is 5.32 Å². The molecular formula is C15H22N2O. The fourth-order valence-corrected chi connectivity index (χ4v) is 2.43. The van der Waals surface area contributed by atoms with Gasteiger partial charge in [0.15, 0.2) is 0 Å². The fraction of sp³-hybridized carbons (Fsp3) is 0.533. The predicted molar refractivity (Wildman–Crippen MR) is 73.2 cm³/mol. The molecule has 98 valence electrons. The van der Waals surface area contributed by atoms with Gasteiger partial charge in [-0.15, -0.1) is 0 Å². The van der Waals surface area contributed by atoms with E-state index in [0.717, 1.165) is 12.1 Å². The molecule has 3 nitrogen and oxygen atoms in total. The van der Waals surface area contributed by atoms with Gasteiger partial charge in [0.2, 0.25) is 5.91 Å². The number of carbonyl (C=O) groups excluding carboxylic acids is 1. The lowest BCUT2D eigenvalue weighted by atomic mass is 10.0. The molecule has 3 heteroatoms. The number of hydrogen-bond donors (Lipinski definition) is 1. The summed E-state index contributed by atoms with van der Waals surface area (Å²) in [5, 5.41) is 2.99. The third kappa shape index (κ3) is 3.84. The minimum atomic E-state index is 0.132. The average Bonchev–Trinajstić information content (AvgIpc) is 2.40. The van der Waals surface area contributed by atoms with E-state index in [0.29, 0.717) is 19.1 Å². The van der Waals surface area contributed by atoms with Gasteiger partial charge >= 0.3 is 0 Å². The van der Waals surface area contributed by atoms with E-state index < -0.39 is 0 Å². The first-order valence-corrected chi connectivity index (χ1v) is 6.80. The molecule has 2 rings (SSSR count).